The molecule has 0 saturated heterocycles. The zero-order valence-electron chi connectivity index (χ0n) is 4.94. The molecule has 0 aliphatic heterocycles. The van der Waals surface area contributed by atoms with Crippen LogP contribution in [0.1, 0.15) is 11.8 Å². The number of thiophene rings is 1. The van der Waals surface area contributed by atoms with Gasteiger partial charge in [0.2, 0.25) is 0 Å². The van der Waals surface area contributed by atoms with Crippen molar-refractivity contribution < 1.29 is 0 Å². The van der Waals surface area contributed by atoms with Crippen molar-refractivity contribution in [1.29, 1.82) is 0 Å². The first-order chi connectivity index (χ1) is 4.33. The van der Waals surface area contributed by atoms with Crippen LogP contribution in [0.15, 0.2) is 15.9 Å². The predicted molar refractivity (Wildman–Crippen MR) is 44.6 cm³/mol. The molecule has 46 valence electrons. The second-order valence-electron chi connectivity index (χ2n) is 1.50. The molecule has 0 fully saturated rings. The molecule has 0 unspecified atom stereocenters. The van der Waals surface area contributed by atoms with E-state index in [2.05, 4.69) is 27.8 Å². The molecule has 9 heavy (non-hydrogen) atoms. The van der Waals surface area contributed by atoms with E-state index in [-0.39, 0.29) is 0 Å². The van der Waals surface area contributed by atoms with Crippen LogP contribution in [0.2, 0.25) is 0 Å². The molecular formula is C7H5BrS. The third-order valence-corrected chi connectivity index (χ3v) is 2.42. The number of hydrogen-bond acceptors (Lipinski definition) is 1. The van der Waals surface area contributed by atoms with Gasteiger partial charge < -0.3 is 0 Å². The summed E-state index contributed by atoms with van der Waals surface area (Å²) in [6.07, 6.45) is 0. The molecule has 0 atom stereocenters. The van der Waals surface area contributed by atoms with Crippen LogP contribution in [0.25, 0.3) is 0 Å². The summed E-state index contributed by atoms with van der Waals surface area (Å²) < 4.78 is 1.12. The summed E-state index contributed by atoms with van der Waals surface area (Å²) >= 11 is 5.00. The highest BCUT2D eigenvalue weighted by Gasteiger charge is 1.89. The second-order valence-corrected chi connectivity index (χ2v) is 3.33. The van der Waals surface area contributed by atoms with Gasteiger partial charge in [-0.05, 0) is 28.9 Å². The van der Waals surface area contributed by atoms with E-state index in [0.717, 1.165) is 9.35 Å². The summed E-state index contributed by atoms with van der Waals surface area (Å²) in [6.45, 7) is 1.84. The maximum absolute atomic E-state index is 3.34. The summed E-state index contributed by atoms with van der Waals surface area (Å²) in [5.74, 6) is 5.80. The Bertz CT molecular complexity index is 251. The summed E-state index contributed by atoms with van der Waals surface area (Å²) in [4.78, 5) is 1.12. The quantitative estimate of drug-likeness (QED) is 0.566. The van der Waals surface area contributed by atoms with Crippen molar-refractivity contribution in [3.63, 3.8) is 0 Å². The van der Waals surface area contributed by atoms with Crippen LogP contribution >= 0.6 is 27.3 Å². The molecular weight excluding hydrogens is 196 g/mol. The van der Waals surface area contributed by atoms with Crippen LogP contribution in [0.5, 0.6) is 0 Å². The second kappa shape index (κ2) is 3.05. The molecule has 0 spiro atoms. The summed E-state index contributed by atoms with van der Waals surface area (Å²) in [5, 5.41) is 2.03. The smallest absolute Gasteiger partial charge is 0.0779 e. The van der Waals surface area contributed by atoms with Crippen LogP contribution in [0, 0.1) is 11.8 Å². The Morgan fingerprint density at radius 1 is 1.67 bits per heavy atom. The van der Waals surface area contributed by atoms with Crippen molar-refractivity contribution in [3.05, 3.63) is 20.8 Å². The average molecular weight is 201 g/mol. The highest BCUT2D eigenvalue weighted by Crippen LogP contribution is 2.18. The first-order valence-corrected chi connectivity index (χ1v) is 4.17. The maximum atomic E-state index is 3.34. The minimum atomic E-state index is 1.12. The first kappa shape index (κ1) is 6.85. The molecule has 0 aliphatic carbocycles. The van der Waals surface area contributed by atoms with E-state index in [0.29, 0.717) is 0 Å². The molecule has 0 bridgehead atoms. The van der Waals surface area contributed by atoms with Gasteiger partial charge in [0.1, 0.15) is 0 Å². The fourth-order valence-electron chi connectivity index (χ4n) is 0.502. The Kier molecular flexibility index (Phi) is 2.32. The summed E-state index contributed by atoms with van der Waals surface area (Å²) in [5.41, 5.74) is 0. The van der Waals surface area contributed by atoms with Crippen LogP contribution in [-0.2, 0) is 0 Å². The largest absolute Gasteiger partial charge is 0.134 e. The molecule has 0 saturated carbocycles. The Morgan fingerprint density at radius 2 is 2.44 bits per heavy atom. The van der Waals surface area contributed by atoms with Crippen LogP contribution < -0.4 is 0 Å². The van der Waals surface area contributed by atoms with Crippen molar-refractivity contribution in [2.24, 2.45) is 0 Å². The summed E-state index contributed by atoms with van der Waals surface area (Å²) in [7, 11) is 0. The Hall–Kier alpha value is -0.260. The number of rotatable bonds is 0. The molecule has 1 aromatic heterocycles. The van der Waals surface area contributed by atoms with Gasteiger partial charge in [0.25, 0.3) is 0 Å². The standard InChI is InChI=1S/C7H5BrS/c1-2-3-7-4-6(8)5-9-7/h4-5H,1H3. The first-order valence-electron chi connectivity index (χ1n) is 2.49. The number of hydrogen-bond donors (Lipinski definition) is 0. The highest BCUT2D eigenvalue weighted by atomic mass is 79.9. The lowest BCUT2D eigenvalue weighted by Gasteiger charge is -1.71. The van der Waals surface area contributed by atoms with Gasteiger partial charge in [-0.15, -0.1) is 17.3 Å². The van der Waals surface area contributed by atoms with Gasteiger partial charge in [-0.1, -0.05) is 5.92 Å². The lowest BCUT2D eigenvalue weighted by molar-refractivity contribution is 1.83. The van der Waals surface area contributed by atoms with E-state index < -0.39 is 0 Å². The highest BCUT2D eigenvalue weighted by molar-refractivity contribution is 9.10. The topological polar surface area (TPSA) is 0 Å². The molecule has 0 amide bonds. The van der Waals surface area contributed by atoms with Gasteiger partial charge in [0, 0.05) is 9.85 Å². The molecule has 1 aromatic rings. The third-order valence-electron chi connectivity index (χ3n) is 0.816. The minimum absolute atomic E-state index is 1.12. The Morgan fingerprint density at radius 3 is 2.89 bits per heavy atom. The Balaban J connectivity index is 2.93. The lowest BCUT2D eigenvalue weighted by atomic mass is 10.5. The van der Waals surface area contributed by atoms with E-state index in [4.69, 9.17) is 0 Å². The van der Waals surface area contributed by atoms with Crippen LogP contribution in [0.3, 0.4) is 0 Å². The van der Waals surface area contributed by atoms with Crippen molar-refractivity contribution in [3.8, 4) is 11.8 Å². The van der Waals surface area contributed by atoms with Crippen molar-refractivity contribution >= 4 is 27.3 Å². The molecule has 1 rings (SSSR count). The predicted octanol–water partition coefficient (Wildman–Crippen LogP) is 2.88. The van der Waals surface area contributed by atoms with Gasteiger partial charge >= 0.3 is 0 Å². The normalized spacial score (nSPS) is 8.22. The average Bonchev–Trinajstić information content (AvgIpc) is 2.17. The van der Waals surface area contributed by atoms with E-state index in [1.165, 1.54) is 0 Å². The molecule has 0 nitrogen and oxygen atoms in total. The zero-order chi connectivity index (χ0) is 6.69. The SMILES string of the molecule is CC#Cc1cc(Br)cs1. The van der Waals surface area contributed by atoms with Crippen LogP contribution in [0.4, 0.5) is 0 Å². The lowest BCUT2D eigenvalue weighted by Crippen LogP contribution is -1.55. The molecule has 0 radical (unpaired) electrons. The van der Waals surface area contributed by atoms with E-state index in [9.17, 15) is 0 Å². The number of halogens is 1. The Labute approximate surface area is 67.0 Å². The third kappa shape index (κ3) is 1.85. The molecule has 2 heteroatoms. The summed E-state index contributed by atoms with van der Waals surface area (Å²) in [6, 6.07) is 2.02. The van der Waals surface area contributed by atoms with Gasteiger partial charge in [-0.2, -0.15) is 0 Å². The van der Waals surface area contributed by atoms with Crippen LogP contribution in [-0.4, -0.2) is 0 Å². The fraction of sp³-hybridized carbons (Fsp3) is 0.143. The van der Waals surface area contributed by atoms with E-state index >= 15 is 0 Å². The van der Waals surface area contributed by atoms with Gasteiger partial charge in [0.15, 0.2) is 0 Å². The monoisotopic (exact) mass is 200 g/mol. The molecule has 0 aromatic carbocycles. The van der Waals surface area contributed by atoms with Crippen molar-refractivity contribution in [2.75, 3.05) is 0 Å². The van der Waals surface area contributed by atoms with Gasteiger partial charge in [0.05, 0.1) is 4.88 Å². The fourth-order valence-corrected chi connectivity index (χ4v) is 1.83. The zero-order valence-corrected chi connectivity index (χ0v) is 7.34. The van der Waals surface area contributed by atoms with Gasteiger partial charge in [-0.3, -0.25) is 0 Å². The van der Waals surface area contributed by atoms with Gasteiger partial charge in [-0.25, -0.2) is 0 Å². The maximum Gasteiger partial charge on any atom is 0.0779 e. The molecule has 0 aliphatic rings. The van der Waals surface area contributed by atoms with Crippen molar-refractivity contribution in [2.45, 2.75) is 6.92 Å². The molecule has 1 heterocycles. The van der Waals surface area contributed by atoms with E-state index in [1.807, 2.05) is 18.4 Å². The minimum Gasteiger partial charge on any atom is -0.134 e. The molecule has 0 N–H and O–H groups in total. The van der Waals surface area contributed by atoms with E-state index in [1.54, 1.807) is 11.3 Å². The van der Waals surface area contributed by atoms with Crippen molar-refractivity contribution in [1.82, 2.24) is 0 Å².